The Labute approximate surface area is 130 Å². The van der Waals surface area contributed by atoms with E-state index in [0.29, 0.717) is 24.0 Å². The molecule has 118 valence electrons. The van der Waals surface area contributed by atoms with Crippen molar-refractivity contribution in [1.82, 2.24) is 10.2 Å². The number of rotatable bonds is 6. The molecule has 1 aliphatic heterocycles. The maximum Gasteiger partial charge on any atom is 0.0480 e. The van der Waals surface area contributed by atoms with Crippen LogP contribution in [0, 0.1) is 5.92 Å². The fraction of sp³-hybridized carbons (Fsp3) is 0.684. The molecular formula is C19H32N2. The summed E-state index contributed by atoms with van der Waals surface area (Å²) in [5, 5.41) is 3.76. The van der Waals surface area contributed by atoms with Crippen molar-refractivity contribution in [2.24, 2.45) is 5.92 Å². The van der Waals surface area contributed by atoms with Gasteiger partial charge in [0.25, 0.3) is 0 Å². The van der Waals surface area contributed by atoms with Gasteiger partial charge in [0, 0.05) is 18.1 Å². The first kappa shape index (κ1) is 16.5. The Kier molecular flexibility index (Phi) is 6.25. The molecular weight excluding hydrogens is 256 g/mol. The Bertz CT molecular complexity index is 401. The third kappa shape index (κ3) is 4.08. The molecule has 1 aliphatic rings. The zero-order chi connectivity index (χ0) is 15.2. The SMILES string of the molecule is CCNC(c1ccccc1)C(C(C)C)N1CCCCC1C. The van der Waals surface area contributed by atoms with Gasteiger partial charge in [-0.1, -0.05) is 57.5 Å². The molecule has 21 heavy (non-hydrogen) atoms. The van der Waals surface area contributed by atoms with Crippen LogP contribution in [0.1, 0.15) is 58.6 Å². The van der Waals surface area contributed by atoms with Crippen molar-refractivity contribution in [2.45, 2.75) is 65.1 Å². The quantitative estimate of drug-likeness (QED) is 0.842. The van der Waals surface area contributed by atoms with Gasteiger partial charge in [0.15, 0.2) is 0 Å². The summed E-state index contributed by atoms with van der Waals surface area (Å²) in [7, 11) is 0. The van der Waals surface area contributed by atoms with E-state index in [1.165, 1.54) is 31.4 Å². The molecule has 1 aromatic rings. The van der Waals surface area contributed by atoms with Gasteiger partial charge in [-0.05, 0) is 44.3 Å². The minimum absolute atomic E-state index is 0.428. The van der Waals surface area contributed by atoms with E-state index in [9.17, 15) is 0 Å². The van der Waals surface area contributed by atoms with Crippen LogP contribution in [0.4, 0.5) is 0 Å². The maximum atomic E-state index is 3.76. The fourth-order valence-electron chi connectivity index (χ4n) is 3.84. The summed E-state index contributed by atoms with van der Waals surface area (Å²) in [6.07, 6.45) is 4.08. The van der Waals surface area contributed by atoms with Crippen LogP contribution < -0.4 is 5.32 Å². The van der Waals surface area contributed by atoms with E-state index in [2.05, 4.69) is 68.2 Å². The molecule has 1 fully saturated rings. The average Bonchev–Trinajstić information content (AvgIpc) is 2.49. The number of nitrogens with one attached hydrogen (secondary N) is 1. The van der Waals surface area contributed by atoms with Gasteiger partial charge in [-0.2, -0.15) is 0 Å². The lowest BCUT2D eigenvalue weighted by Crippen LogP contribution is -2.53. The van der Waals surface area contributed by atoms with E-state index in [1.54, 1.807) is 0 Å². The number of benzene rings is 1. The zero-order valence-electron chi connectivity index (χ0n) is 14.2. The molecule has 3 unspecified atom stereocenters. The smallest absolute Gasteiger partial charge is 0.0480 e. The second-order valence-electron chi connectivity index (χ2n) is 6.76. The Morgan fingerprint density at radius 3 is 2.48 bits per heavy atom. The summed E-state index contributed by atoms with van der Waals surface area (Å²) in [6.45, 7) is 11.6. The molecule has 0 amide bonds. The lowest BCUT2D eigenvalue weighted by atomic mass is 9.86. The summed E-state index contributed by atoms with van der Waals surface area (Å²) in [6, 6.07) is 12.7. The van der Waals surface area contributed by atoms with E-state index in [-0.39, 0.29) is 0 Å². The molecule has 0 aromatic heterocycles. The molecule has 1 N–H and O–H groups in total. The number of nitrogens with zero attached hydrogens (tertiary/aromatic N) is 1. The molecule has 0 saturated carbocycles. The van der Waals surface area contributed by atoms with Crippen LogP contribution in [0.25, 0.3) is 0 Å². The first-order chi connectivity index (χ1) is 10.1. The molecule has 2 nitrogen and oxygen atoms in total. The molecule has 3 atom stereocenters. The van der Waals surface area contributed by atoms with Crippen molar-refractivity contribution in [3.05, 3.63) is 35.9 Å². The molecule has 0 radical (unpaired) electrons. The lowest BCUT2D eigenvalue weighted by Gasteiger charge is -2.45. The second kappa shape index (κ2) is 7.95. The first-order valence-electron chi connectivity index (χ1n) is 8.69. The largest absolute Gasteiger partial charge is 0.309 e. The molecule has 1 heterocycles. The number of piperidine rings is 1. The van der Waals surface area contributed by atoms with Crippen LogP contribution in [0.5, 0.6) is 0 Å². The summed E-state index contributed by atoms with van der Waals surface area (Å²) in [4.78, 5) is 2.76. The highest BCUT2D eigenvalue weighted by Gasteiger charge is 2.34. The number of hydrogen-bond donors (Lipinski definition) is 1. The van der Waals surface area contributed by atoms with Crippen LogP contribution in [0.15, 0.2) is 30.3 Å². The maximum absolute atomic E-state index is 3.76. The van der Waals surface area contributed by atoms with Crippen LogP contribution in [0.2, 0.25) is 0 Å². The first-order valence-corrected chi connectivity index (χ1v) is 8.69. The zero-order valence-corrected chi connectivity index (χ0v) is 14.2. The van der Waals surface area contributed by atoms with Crippen molar-refractivity contribution in [2.75, 3.05) is 13.1 Å². The minimum Gasteiger partial charge on any atom is -0.309 e. The van der Waals surface area contributed by atoms with Gasteiger partial charge in [-0.15, -0.1) is 0 Å². The van der Waals surface area contributed by atoms with E-state index < -0.39 is 0 Å². The predicted octanol–water partition coefficient (Wildman–Crippen LogP) is 4.24. The highest BCUT2D eigenvalue weighted by Crippen LogP contribution is 2.31. The van der Waals surface area contributed by atoms with E-state index in [0.717, 1.165) is 6.54 Å². The van der Waals surface area contributed by atoms with Gasteiger partial charge in [0.1, 0.15) is 0 Å². The molecule has 1 saturated heterocycles. The molecule has 2 heteroatoms. The molecule has 0 bridgehead atoms. The van der Waals surface area contributed by atoms with Crippen molar-refractivity contribution in [3.63, 3.8) is 0 Å². The monoisotopic (exact) mass is 288 g/mol. The molecule has 0 aliphatic carbocycles. The summed E-state index contributed by atoms with van der Waals surface area (Å²) in [5.41, 5.74) is 1.43. The molecule has 1 aromatic carbocycles. The van der Waals surface area contributed by atoms with E-state index in [1.807, 2.05) is 0 Å². The third-order valence-corrected chi connectivity index (χ3v) is 4.84. The number of likely N-dealkylation sites (tertiary alicyclic amines) is 1. The third-order valence-electron chi connectivity index (χ3n) is 4.84. The van der Waals surface area contributed by atoms with E-state index in [4.69, 9.17) is 0 Å². The van der Waals surface area contributed by atoms with Gasteiger partial charge in [-0.25, -0.2) is 0 Å². The van der Waals surface area contributed by atoms with Crippen LogP contribution >= 0.6 is 0 Å². The van der Waals surface area contributed by atoms with Crippen molar-refractivity contribution >= 4 is 0 Å². The fourth-order valence-corrected chi connectivity index (χ4v) is 3.84. The summed E-state index contributed by atoms with van der Waals surface area (Å²) in [5.74, 6) is 0.648. The van der Waals surface area contributed by atoms with Gasteiger partial charge in [0.2, 0.25) is 0 Å². The standard InChI is InChI=1S/C19H32N2/c1-5-20-18(17-12-7-6-8-13-17)19(15(2)3)21-14-10-9-11-16(21)4/h6-8,12-13,15-16,18-20H,5,9-11,14H2,1-4H3. The average molecular weight is 288 g/mol. The highest BCUT2D eigenvalue weighted by atomic mass is 15.2. The summed E-state index contributed by atoms with van der Waals surface area (Å²) < 4.78 is 0. The lowest BCUT2D eigenvalue weighted by molar-refractivity contribution is 0.0538. The van der Waals surface area contributed by atoms with Gasteiger partial charge < -0.3 is 5.32 Å². The number of likely N-dealkylation sites (N-methyl/N-ethyl adjacent to an activating group) is 1. The van der Waals surface area contributed by atoms with Gasteiger partial charge in [-0.3, -0.25) is 4.90 Å². The predicted molar refractivity (Wildman–Crippen MR) is 91.5 cm³/mol. The number of hydrogen-bond acceptors (Lipinski definition) is 2. The van der Waals surface area contributed by atoms with Gasteiger partial charge in [0.05, 0.1) is 0 Å². The van der Waals surface area contributed by atoms with Crippen LogP contribution in [-0.4, -0.2) is 30.1 Å². The topological polar surface area (TPSA) is 15.3 Å². The Balaban J connectivity index is 2.28. The van der Waals surface area contributed by atoms with Crippen molar-refractivity contribution in [3.8, 4) is 0 Å². The van der Waals surface area contributed by atoms with E-state index >= 15 is 0 Å². The minimum atomic E-state index is 0.428. The highest BCUT2D eigenvalue weighted by molar-refractivity contribution is 5.21. The Hall–Kier alpha value is -0.860. The van der Waals surface area contributed by atoms with Crippen molar-refractivity contribution in [1.29, 1.82) is 0 Å². The Morgan fingerprint density at radius 2 is 1.90 bits per heavy atom. The van der Waals surface area contributed by atoms with Gasteiger partial charge >= 0.3 is 0 Å². The van der Waals surface area contributed by atoms with Crippen molar-refractivity contribution < 1.29 is 0 Å². The van der Waals surface area contributed by atoms with Crippen LogP contribution in [0.3, 0.4) is 0 Å². The molecule has 0 spiro atoms. The van der Waals surface area contributed by atoms with Crippen LogP contribution in [-0.2, 0) is 0 Å². The molecule has 2 rings (SSSR count). The second-order valence-corrected chi connectivity index (χ2v) is 6.76. The Morgan fingerprint density at radius 1 is 1.19 bits per heavy atom. The summed E-state index contributed by atoms with van der Waals surface area (Å²) >= 11 is 0. The normalized spacial score (nSPS) is 23.2.